The second-order valence-electron chi connectivity index (χ2n) is 10.6. The largest absolute Gasteiger partial charge is 0.507 e. The Bertz CT molecular complexity index is 2440. The number of nitrogens with one attached hydrogen (secondary N) is 1. The lowest BCUT2D eigenvalue weighted by molar-refractivity contribution is 0.0693. The van der Waals surface area contributed by atoms with E-state index in [0.717, 1.165) is 6.08 Å². The highest BCUT2D eigenvalue weighted by Gasteiger charge is 2.33. The quantitative estimate of drug-likeness (QED) is 0.0419. The third kappa shape index (κ3) is 6.71. The lowest BCUT2D eigenvalue weighted by Crippen LogP contribution is -2.27. The Hall–Kier alpha value is -6.78. The van der Waals surface area contributed by atoms with Crippen LogP contribution in [0.5, 0.6) is 5.75 Å². The molecule has 8 N–H and O–H groups in total. The van der Waals surface area contributed by atoms with E-state index in [2.05, 4.69) is 31.0 Å². The summed E-state index contributed by atoms with van der Waals surface area (Å²) in [6.45, 7) is 0. The zero-order chi connectivity index (χ0) is 34.9. The summed E-state index contributed by atoms with van der Waals surface area (Å²) in [4.78, 5) is 24.3. The Labute approximate surface area is 277 Å². The molecule has 0 amide bonds. The molecule has 5 aromatic rings. The molecule has 0 saturated heterocycles. The molecule has 1 aliphatic rings. The Kier molecular flexibility index (Phi) is 8.39. The summed E-state index contributed by atoms with van der Waals surface area (Å²) in [5.41, 5.74) is 16.1. The number of ketones is 1. The van der Waals surface area contributed by atoms with Crippen molar-refractivity contribution in [2.45, 2.75) is 0 Å². The molecule has 0 saturated carbocycles. The van der Waals surface area contributed by atoms with Crippen molar-refractivity contribution in [3.63, 3.8) is 0 Å². The zero-order valence-electron chi connectivity index (χ0n) is 25.0. The normalized spacial score (nSPS) is 14.0. The Morgan fingerprint density at radius 2 is 1.45 bits per heavy atom. The number of nitrogen functional groups attached to an aromatic ring is 2. The monoisotopic (exact) mass is 676 g/mol. The SMILES string of the molecule is Nc1ccc(N=Nc2ccc3c(c2)C(=O)C(=NNc2ccc(N=Nc4ccc(O)c(C(=O)O)c4)c4ccccc24)C(S(=O)(=O)O)=C3)c(N)c1. The number of Topliss-reactive ketones (excluding diaryl/α,β-unsaturated/α-hetero) is 1. The number of rotatable bonds is 8. The topological polar surface area (TPSA) is 255 Å². The number of hydrazone groups is 1. The van der Waals surface area contributed by atoms with Gasteiger partial charge in [-0.05, 0) is 72.3 Å². The molecule has 0 spiro atoms. The van der Waals surface area contributed by atoms with Crippen molar-refractivity contribution >= 4 is 84.2 Å². The van der Waals surface area contributed by atoms with Crippen LogP contribution in [0.2, 0.25) is 0 Å². The lowest BCUT2D eigenvalue weighted by atomic mass is 9.94. The van der Waals surface area contributed by atoms with Gasteiger partial charge in [-0.2, -0.15) is 23.7 Å². The molecule has 16 heteroatoms. The van der Waals surface area contributed by atoms with Gasteiger partial charge in [0.05, 0.1) is 28.4 Å². The van der Waals surface area contributed by atoms with E-state index >= 15 is 0 Å². The van der Waals surface area contributed by atoms with Gasteiger partial charge in [-0.1, -0.05) is 30.3 Å². The minimum Gasteiger partial charge on any atom is -0.507 e. The highest BCUT2D eigenvalue weighted by molar-refractivity contribution is 7.91. The number of aromatic hydroxyl groups is 1. The molecule has 0 radical (unpaired) electrons. The van der Waals surface area contributed by atoms with Gasteiger partial charge < -0.3 is 21.7 Å². The first kappa shape index (κ1) is 32.2. The van der Waals surface area contributed by atoms with Crippen molar-refractivity contribution < 1.29 is 32.8 Å². The molecule has 6 rings (SSSR count). The van der Waals surface area contributed by atoms with Crippen LogP contribution in [-0.4, -0.2) is 40.6 Å². The number of azo groups is 2. The summed E-state index contributed by atoms with van der Waals surface area (Å²) in [6, 6.07) is 23.0. The first-order valence-corrected chi connectivity index (χ1v) is 15.6. The summed E-state index contributed by atoms with van der Waals surface area (Å²) in [5.74, 6) is -2.53. The van der Waals surface area contributed by atoms with Crippen molar-refractivity contribution in [3.05, 3.63) is 113 Å². The van der Waals surface area contributed by atoms with Crippen LogP contribution >= 0.6 is 0 Å². The van der Waals surface area contributed by atoms with E-state index in [4.69, 9.17) is 11.5 Å². The van der Waals surface area contributed by atoms with Gasteiger partial charge in [-0.25, -0.2) is 4.79 Å². The highest BCUT2D eigenvalue weighted by Crippen LogP contribution is 2.35. The maximum absolute atomic E-state index is 13.7. The van der Waals surface area contributed by atoms with E-state index in [9.17, 15) is 32.8 Å². The molecule has 0 aliphatic heterocycles. The summed E-state index contributed by atoms with van der Waals surface area (Å²) in [6.07, 6.45) is 1.13. The molecule has 5 aromatic carbocycles. The van der Waals surface area contributed by atoms with Crippen LogP contribution in [0.4, 0.5) is 39.8 Å². The lowest BCUT2D eigenvalue weighted by Gasteiger charge is -2.17. The molecule has 49 heavy (non-hydrogen) atoms. The fraction of sp³-hybridized carbons (Fsp3) is 0. The van der Waals surface area contributed by atoms with Crippen LogP contribution in [0.15, 0.2) is 121 Å². The minimum absolute atomic E-state index is 0.0654. The number of anilines is 3. The molecular weight excluding hydrogens is 652 g/mol. The number of carboxylic acid groups (broad SMARTS) is 1. The number of carboxylic acids is 1. The predicted molar refractivity (Wildman–Crippen MR) is 184 cm³/mol. The standard InChI is InChI=1S/C33H24N8O7S/c34-18-6-9-28(25(35)14-18)40-37-19-7-5-17-13-30(49(46,47)48)31(32(43)23(17)15-19)41-39-27-11-10-26(21-3-1-2-4-22(21)27)38-36-20-8-12-29(42)24(16-20)33(44)45/h1-16,39,42H,34-35H2,(H,44,45)(H,46,47,48). The van der Waals surface area contributed by atoms with Crippen LogP contribution in [0, 0.1) is 0 Å². The fourth-order valence-electron chi connectivity index (χ4n) is 4.91. The number of nitrogens with two attached hydrogens (primary N) is 2. The van der Waals surface area contributed by atoms with E-state index in [1.54, 1.807) is 48.5 Å². The molecule has 244 valence electrons. The van der Waals surface area contributed by atoms with Crippen molar-refractivity contribution in [1.29, 1.82) is 0 Å². The third-order valence-electron chi connectivity index (χ3n) is 7.29. The summed E-state index contributed by atoms with van der Waals surface area (Å²) >= 11 is 0. The highest BCUT2D eigenvalue weighted by atomic mass is 32.2. The number of phenols is 1. The zero-order valence-corrected chi connectivity index (χ0v) is 25.8. The molecule has 0 fully saturated rings. The van der Waals surface area contributed by atoms with Gasteiger partial charge in [-0.15, -0.1) is 10.2 Å². The van der Waals surface area contributed by atoms with E-state index in [1.807, 2.05) is 0 Å². The van der Waals surface area contributed by atoms with Crippen molar-refractivity contribution in [1.82, 2.24) is 0 Å². The molecule has 1 aliphatic carbocycles. The Morgan fingerprint density at radius 3 is 2.16 bits per heavy atom. The van der Waals surface area contributed by atoms with Crippen LogP contribution in [0.25, 0.3) is 16.8 Å². The van der Waals surface area contributed by atoms with Gasteiger partial charge in [-0.3, -0.25) is 14.8 Å². The summed E-state index contributed by atoms with van der Waals surface area (Å²) in [5, 5.41) is 40.9. The molecule has 15 nitrogen and oxygen atoms in total. The number of aromatic carboxylic acids is 1. The van der Waals surface area contributed by atoms with Gasteiger partial charge in [0.25, 0.3) is 10.1 Å². The maximum Gasteiger partial charge on any atom is 0.339 e. The van der Waals surface area contributed by atoms with Crippen molar-refractivity contribution in [2.24, 2.45) is 25.6 Å². The number of fused-ring (bicyclic) bond motifs is 2. The van der Waals surface area contributed by atoms with Gasteiger partial charge in [0, 0.05) is 22.0 Å². The second kappa shape index (κ2) is 12.8. The first-order chi connectivity index (χ1) is 23.4. The van der Waals surface area contributed by atoms with E-state index in [-0.39, 0.29) is 28.1 Å². The van der Waals surface area contributed by atoms with Gasteiger partial charge >= 0.3 is 5.97 Å². The predicted octanol–water partition coefficient (Wildman–Crippen LogP) is 7.13. The number of benzene rings is 5. The average molecular weight is 677 g/mol. The maximum atomic E-state index is 13.7. The van der Waals surface area contributed by atoms with Gasteiger partial charge in [0.15, 0.2) is 5.71 Å². The fourth-order valence-corrected chi connectivity index (χ4v) is 5.57. The van der Waals surface area contributed by atoms with Gasteiger partial charge in [0.2, 0.25) is 5.78 Å². The molecular formula is C33H24N8O7S. The molecule has 0 unspecified atom stereocenters. The van der Waals surface area contributed by atoms with Crippen molar-refractivity contribution in [2.75, 3.05) is 16.9 Å². The number of carbonyl (C=O) groups excluding carboxylic acids is 1. The van der Waals surface area contributed by atoms with Crippen LogP contribution in [0.3, 0.4) is 0 Å². The van der Waals surface area contributed by atoms with E-state index < -0.39 is 38.2 Å². The number of hydrogen-bond donors (Lipinski definition) is 6. The summed E-state index contributed by atoms with van der Waals surface area (Å²) < 4.78 is 34.7. The first-order valence-electron chi connectivity index (χ1n) is 14.2. The second-order valence-corrected chi connectivity index (χ2v) is 11.9. The van der Waals surface area contributed by atoms with Crippen molar-refractivity contribution in [3.8, 4) is 5.75 Å². The summed E-state index contributed by atoms with van der Waals surface area (Å²) in [7, 11) is -4.89. The minimum atomic E-state index is -4.89. The number of nitrogens with zero attached hydrogens (tertiary/aromatic N) is 5. The van der Waals surface area contributed by atoms with E-state index in [0.29, 0.717) is 39.2 Å². The van der Waals surface area contributed by atoms with E-state index in [1.165, 1.54) is 42.5 Å². The third-order valence-corrected chi connectivity index (χ3v) is 8.16. The Balaban J connectivity index is 1.33. The molecule has 0 atom stereocenters. The van der Waals surface area contributed by atoms with Gasteiger partial charge in [0.1, 0.15) is 21.9 Å². The van der Waals surface area contributed by atoms with Crippen LogP contribution in [0.1, 0.15) is 26.3 Å². The smallest absolute Gasteiger partial charge is 0.339 e. The molecule has 0 aromatic heterocycles. The van der Waals surface area contributed by atoms with Crippen LogP contribution < -0.4 is 16.9 Å². The van der Waals surface area contributed by atoms with Crippen LogP contribution in [-0.2, 0) is 10.1 Å². The number of hydrogen-bond acceptors (Lipinski definition) is 13. The number of allylic oxidation sites excluding steroid dienone is 1. The Morgan fingerprint density at radius 1 is 0.776 bits per heavy atom. The number of carbonyl (C=O) groups is 2. The molecule has 0 heterocycles. The molecule has 0 bridgehead atoms. The average Bonchev–Trinajstić information content (AvgIpc) is 3.06.